The number of methoxy groups -OCH3 is 1. The lowest BCUT2D eigenvalue weighted by Crippen LogP contribution is -2.20. The van der Waals surface area contributed by atoms with Gasteiger partial charge in [0, 0.05) is 37.5 Å². The van der Waals surface area contributed by atoms with Crippen LogP contribution in [0.1, 0.15) is 30.3 Å². The molecule has 1 aromatic rings. The maximum atomic E-state index is 5.80. The molecule has 18 heavy (non-hydrogen) atoms. The lowest BCUT2D eigenvalue weighted by atomic mass is 10.1. The lowest BCUT2D eigenvalue weighted by molar-refractivity contribution is 0.161. The minimum absolute atomic E-state index is 0.613. The van der Waals surface area contributed by atoms with Crippen LogP contribution in [0.15, 0.2) is 0 Å². The number of thiazole rings is 1. The van der Waals surface area contributed by atoms with Crippen molar-refractivity contribution in [3.05, 3.63) is 10.6 Å². The van der Waals surface area contributed by atoms with Gasteiger partial charge in [-0.05, 0) is 12.8 Å². The van der Waals surface area contributed by atoms with E-state index in [1.807, 2.05) is 0 Å². The number of anilines is 1. The second-order valence-corrected chi connectivity index (χ2v) is 5.94. The van der Waals surface area contributed by atoms with Crippen molar-refractivity contribution in [3.8, 4) is 0 Å². The fourth-order valence-corrected chi connectivity index (χ4v) is 3.49. The Labute approximate surface area is 113 Å². The molecule has 5 heteroatoms. The molecule has 0 aromatic carbocycles. The largest absolute Gasteiger partial charge is 0.384 e. The molecular weight excluding hydrogens is 246 g/mol. The molecule has 4 nitrogen and oxygen atoms in total. The number of nitrogens with zero attached hydrogens (tertiary/aromatic N) is 2. The van der Waals surface area contributed by atoms with Crippen LogP contribution in [0.5, 0.6) is 0 Å². The van der Waals surface area contributed by atoms with Crippen LogP contribution in [0.3, 0.4) is 0 Å². The van der Waals surface area contributed by atoms with Crippen LogP contribution in [-0.2, 0) is 17.7 Å². The van der Waals surface area contributed by atoms with E-state index >= 15 is 0 Å². The fourth-order valence-electron chi connectivity index (χ4n) is 2.47. The number of hydrogen-bond acceptors (Lipinski definition) is 5. The zero-order valence-electron chi connectivity index (χ0n) is 11.3. The standard InChI is InChI=1S/C13H23N3OS/c1-3-4-11-12(7-14)18-13(15-11)16-6-5-10(8-16)9-17-2/h10H,3-9,14H2,1-2H3. The molecule has 2 N–H and O–H groups in total. The molecule has 0 saturated carbocycles. The zero-order valence-corrected chi connectivity index (χ0v) is 12.1. The molecule has 1 atom stereocenters. The Morgan fingerprint density at radius 3 is 3.06 bits per heavy atom. The second-order valence-electron chi connectivity index (χ2n) is 4.88. The Kier molecular flexibility index (Phi) is 4.97. The van der Waals surface area contributed by atoms with Gasteiger partial charge in [-0.15, -0.1) is 11.3 Å². The fraction of sp³-hybridized carbons (Fsp3) is 0.769. The quantitative estimate of drug-likeness (QED) is 0.858. The van der Waals surface area contributed by atoms with Gasteiger partial charge in [0.1, 0.15) is 0 Å². The third-order valence-corrected chi connectivity index (χ3v) is 4.58. The Bertz CT molecular complexity index is 380. The summed E-state index contributed by atoms with van der Waals surface area (Å²) in [6.07, 6.45) is 3.37. The minimum atomic E-state index is 0.613. The molecule has 0 amide bonds. The highest BCUT2D eigenvalue weighted by molar-refractivity contribution is 7.15. The van der Waals surface area contributed by atoms with Gasteiger partial charge in [-0.1, -0.05) is 13.3 Å². The topological polar surface area (TPSA) is 51.4 Å². The van der Waals surface area contributed by atoms with Gasteiger partial charge >= 0.3 is 0 Å². The first-order chi connectivity index (χ1) is 8.78. The smallest absolute Gasteiger partial charge is 0.185 e. The number of ether oxygens (including phenoxy) is 1. The molecule has 102 valence electrons. The van der Waals surface area contributed by atoms with E-state index in [4.69, 9.17) is 15.5 Å². The highest BCUT2D eigenvalue weighted by Gasteiger charge is 2.25. The van der Waals surface area contributed by atoms with Crippen LogP contribution >= 0.6 is 11.3 Å². The maximum absolute atomic E-state index is 5.80. The van der Waals surface area contributed by atoms with Crippen molar-refractivity contribution in [1.82, 2.24) is 4.98 Å². The SMILES string of the molecule is CCCc1nc(N2CCC(COC)C2)sc1CN. The van der Waals surface area contributed by atoms with E-state index in [-0.39, 0.29) is 0 Å². The molecule has 0 radical (unpaired) electrons. The Balaban J connectivity index is 2.05. The minimum Gasteiger partial charge on any atom is -0.384 e. The monoisotopic (exact) mass is 269 g/mol. The molecule has 1 fully saturated rings. The van der Waals surface area contributed by atoms with Gasteiger partial charge in [0.05, 0.1) is 12.3 Å². The van der Waals surface area contributed by atoms with Crippen molar-refractivity contribution >= 4 is 16.5 Å². The average Bonchev–Trinajstić information content (AvgIpc) is 2.96. The van der Waals surface area contributed by atoms with E-state index in [0.29, 0.717) is 12.5 Å². The summed E-state index contributed by atoms with van der Waals surface area (Å²) in [5, 5.41) is 1.15. The molecule has 2 heterocycles. The van der Waals surface area contributed by atoms with Crippen LogP contribution in [0.2, 0.25) is 0 Å². The van der Waals surface area contributed by atoms with Gasteiger partial charge in [-0.25, -0.2) is 4.98 Å². The summed E-state index contributed by atoms with van der Waals surface area (Å²) < 4.78 is 5.23. The highest BCUT2D eigenvalue weighted by atomic mass is 32.1. The van der Waals surface area contributed by atoms with E-state index in [1.165, 1.54) is 17.0 Å². The van der Waals surface area contributed by atoms with E-state index in [9.17, 15) is 0 Å². The molecule has 0 aliphatic carbocycles. The van der Waals surface area contributed by atoms with E-state index in [0.717, 1.165) is 37.7 Å². The zero-order chi connectivity index (χ0) is 13.0. The number of aromatic nitrogens is 1. The maximum Gasteiger partial charge on any atom is 0.185 e. The number of aryl methyl sites for hydroxylation is 1. The normalized spacial score (nSPS) is 19.7. The van der Waals surface area contributed by atoms with Gasteiger partial charge in [0.2, 0.25) is 0 Å². The van der Waals surface area contributed by atoms with Crippen LogP contribution in [0.25, 0.3) is 0 Å². The van der Waals surface area contributed by atoms with Crippen LogP contribution in [0.4, 0.5) is 5.13 Å². The van der Waals surface area contributed by atoms with Crippen molar-refractivity contribution in [1.29, 1.82) is 0 Å². The van der Waals surface area contributed by atoms with Crippen molar-refractivity contribution in [2.24, 2.45) is 11.7 Å². The molecular formula is C13H23N3OS. The summed E-state index contributed by atoms with van der Waals surface area (Å²) in [5.41, 5.74) is 7.00. The molecule has 2 rings (SSSR count). The third-order valence-electron chi connectivity index (χ3n) is 3.40. The van der Waals surface area contributed by atoms with Gasteiger partial charge < -0.3 is 15.4 Å². The van der Waals surface area contributed by atoms with E-state index < -0.39 is 0 Å². The van der Waals surface area contributed by atoms with Crippen molar-refractivity contribution in [2.45, 2.75) is 32.7 Å². The Hall–Kier alpha value is -0.650. The molecule has 0 spiro atoms. The second kappa shape index (κ2) is 6.50. The van der Waals surface area contributed by atoms with E-state index in [1.54, 1.807) is 18.4 Å². The molecule has 1 aromatic heterocycles. The third kappa shape index (κ3) is 3.02. The summed E-state index contributed by atoms with van der Waals surface area (Å²) in [6.45, 7) is 5.81. The summed E-state index contributed by atoms with van der Waals surface area (Å²) >= 11 is 1.77. The van der Waals surface area contributed by atoms with Gasteiger partial charge in [-0.3, -0.25) is 0 Å². The van der Waals surface area contributed by atoms with Crippen molar-refractivity contribution in [3.63, 3.8) is 0 Å². The van der Waals surface area contributed by atoms with Crippen LogP contribution in [0, 0.1) is 5.92 Å². The van der Waals surface area contributed by atoms with Crippen LogP contribution < -0.4 is 10.6 Å². The Morgan fingerprint density at radius 2 is 2.39 bits per heavy atom. The number of nitrogens with two attached hydrogens (primary N) is 1. The van der Waals surface area contributed by atoms with Gasteiger partial charge in [0.25, 0.3) is 0 Å². The molecule has 0 bridgehead atoms. The van der Waals surface area contributed by atoms with Crippen LogP contribution in [-0.4, -0.2) is 31.8 Å². The summed E-state index contributed by atoms with van der Waals surface area (Å²) in [6, 6.07) is 0. The molecule has 1 aliphatic rings. The first-order valence-corrected chi connectivity index (χ1v) is 7.52. The number of hydrogen-bond donors (Lipinski definition) is 1. The van der Waals surface area contributed by atoms with E-state index in [2.05, 4.69) is 11.8 Å². The van der Waals surface area contributed by atoms with Crippen molar-refractivity contribution in [2.75, 3.05) is 31.7 Å². The van der Waals surface area contributed by atoms with Gasteiger partial charge in [-0.2, -0.15) is 0 Å². The first-order valence-electron chi connectivity index (χ1n) is 6.71. The predicted molar refractivity (Wildman–Crippen MR) is 76.2 cm³/mol. The van der Waals surface area contributed by atoms with Gasteiger partial charge in [0.15, 0.2) is 5.13 Å². The van der Waals surface area contributed by atoms with Crippen molar-refractivity contribution < 1.29 is 4.74 Å². The predicted octanol–water partition coefficient (Wildman–Crippen LogP) is 2.03. The first kappa shape index (κ1) is 13.8. The molecule has 1 aliphatic heterocycles. The average molecular weight is 269 g/mol. The molecule has 1 saturated heterocycles. The summed E-state index contributed by atoms with van der Waals surface area (Å²) in [5.74, 6) is 0.648. The summed E-state index contributed by atoms with van der Waals surface area (Å²) in [7, 11) is 1.78. The lowest BCUT2D eigenvalue weighted by Gasteiger charge is -2.14. The summed E-state index contributed by atoms with van der Waals surface area (Å²) in [4.78, 5) is 8.40. The Morgan fingerprint density at radius 1 is 1.56 bits per heavy atom. The number of rotatable bonds is 6. The highest BCUT2D eigenvalue weighted by Crippen LogP contribution is 2.30. The molecule has 1 unspecified atom stereocenters.